The summed E-state index contributed by atoms with van der Waals surface area (Å²) in [5.41, 5.74) is 9.55. The third-order valence-corrected chi connectivity index (χ3v) is 7.80. The third-order valence-electron chi connectivity index (χ3n) is 7.80. The van der Waals surface area contributed by atoms with E-state index in [2.05, 4.69) is 111 Å². The van der Waals surface area contributed by atoms with E-state index in [1.165, 1.54) is 33.2 Å². The zero-order valence-corrected chi connectivity index (χ0v) is 21.4. The molecule has 3 aromatic carbocycles. The summed E-state index contributed by atoms with van der Waals surface area (Å²) in [6.07, 6.45) is 6.02. The summed E-state index contributed by atoms with van der Waals surface area (Å²) in [5, 5.41) is 2.36. The molecule has 7 rings (SSSR count). The van der Waals surface area contributed by atoms with Crippen LogP contribution >= 0.6 is 0 Å². The van der Waals surface area contributed by atoms with E-state index in [9.17, 15) is 0 Å². The van der Waals surface area contributed by atoms with Crippen LogP contribution in [0.25, 0.3) is 44.2 Å². The first-order chi connectivity index (χ1) is 18.8. The summed E-state index contributed by atoms with van der Waals surface area (Å²) in [4.78, 5) is 16.5. The molecule has 38 heavy (non-hydrogen) atoms. The molecule has 5 nitrogen and oxygen atoms in total. The molecular formula is C33H31N5. The van der Waals surface area contributed by atoms with Gasteiger partial charge in [0.1, 0.15) is 5.65 Å². The van der Waals surface area contributed by atoms with Crippen molar-refractivity contribution in [1.82, 2.24) is 24.8 Å². The number of hydrogen-bond acceptors (Lipinski definition) is 3. The molecule has 0 saturated carbocycles. The van der Waals surface area contributed by atoms with Crippen LogP contribution < -0.4 is 0 Å². The van der Waals surface area contributed by atoms with Gasteiger partial charge in [-0.05, 0) is 51.9 Å². The Balaban J connectivity index is 1.04. The Bertz CT molecular complexity index is 1670. The summed E-state index contributed by atoms with van der Waals surface area (Å²) < 4.78 is 0. The zero-order chi connectivity index (χ0) is 25.3. The second kappa shape index (κ2) is 9.93. The van der Waals surface area contributed by atoms with Crippen LogP contribution in [0.5, 0.6) is 0 Å². The van der Waals surface area contributed by atoms with Gasteiger partial charge in [0, 0.05) is 79.9 Å². The standard InChI is InChI=1S/C33H31N5/c1-2-4-24(5-3-1)22-37-14-16-38(17-15-37)23-25-6-8-26(9-7-25)29-19-30-31(21-36-33(30)35-20-29)27-10-11-32-28(18-27)12-13-34-32/h1-13,18-21,34H,14-17,22-23H2,(H,35,36). The first-order valence-electron chi connectivity index (χ1n) is 13.4. The predicted octanol–water partition coefficient (Wildman–Crippen LogP) is 6.70. The maximum atomic E-state index is 4.73. The van der Waals surface area contributed by atoms with Crippen LogP contribution in [-0.2, 0) is 13.1 Å². The van der Waals surface area contributed by atoms with Crippen molar-refractivity contribution in [2.45, 2.75) is 13.1 Å². The lowest BCUT2D eigenvalue weighted by atomic mass is 10.0. The Labute approximate surface area is 222 Å². The molecular weight excluding hydrogens is 466 g/mol. The number of nitrogens with one attached hydrogen (secondary N) is 2. The summed E-state index contributed by atoms with van der Waals surface area (Å²) in [6, 6.07) is 30.7. The van der Waals surface area contributed by atoms with Gasteiger partial charge in [-0.2, -0.15) is 0 Å². The third kappa shape index (κ3) is 4.62. The normalized spacial score (nSPS) is 14.9. The van der Waals surface area contributed by atoms with Crippen molar-refractivity contribution in [1.29, 1.82) is 0 Å². The highest BCUT2D eigenvalue weighted by Gasteiger charge is 2.17. The van der Waals surface area contributed by atoms with E-state index in [-0.39, 0.29) is 0 Å². The summed E-state index contributed by atoms with van der Waals surface area (Å²) in [6.45, 7) is 6.51. The molecule has 0 aliphatic carbocycles. The van der Waals surface area contributed by atoms with E-state index in [1.54, 1.807) is 0 Å². The molecule has 0 spiro atoms. The monoisotopic (exact) mass is 497 g/mol. The highest BCUT2D eigenvalue weighted by atomic mass is 15.3. The van der Waals surface area contributed by atoms with Crippen molar-refractivity contribution in [3.8, 4) is 22.3 Å². The van der Waals surface area contributed by atoms with Crippen LogP contribution in [0, 0.1) is 0 Å². The molecule has 1 aliphatic rings. The van der Waals surface area contributed by atoms with Gasteiger partial charge in [-0.15, -0.1) is 0 Å². The summed E-state index contributed by atoms with van der Waals surface area (Å²) >= 11 is 0. The van der Waals surface area contributed by atoms with Gasteiger partial charge in [-0.3, -0.25) is 9.80 Å². The number of nitrogens with zero attached hydrogens (tertiary/aromatic N) is 3. The minimum atomic E-state index is 0.918. The number of pyridine rings is 1. The Morgan fingerprint density at radius 2 is 1.37 bits per heavy atom. The quantitative estimate of drug-likeness (QED) is 0.269. The summed E-state index contributed by atoms with van der Waals surface area (Å²) in [5.74, 6) is 0. The number of H-pyrrole nitrogens is 2. The molecule has 0 radical (unpaired) electrons. The predicted molar refractivity (Wildman–Crippen MR) is 156 cm³/mol. The summed E-state index contributed by atoms with van der Waals surface area (Å²) in [7, 11) is 0. The fourth-order valence-electron chi connectivity index (χ4n) is 5.63. The molecule has 1 aliphatic heterocycles. The zero-order valence-electron chi connectivity index (χ0n) is 21.4. The van der Waals surface area contributed by atoms with Gasteiger partial charge in [0.05, 0.1) is 0 Å². The Morgan fingerprint density at radius 3 is 2.13 bits per heavy atom. The molecule has 5 heteroatoms. The topological polar surface area (TPSA) is 50.9 Å². The number of benzene rings is 3. The van der Waals surface area contributed by atoms with Crippen molar-refractivity contribution < 1.29 is 0 Å². The average molecular weight is 498 g/mol. The highest BCUT2D eigenvalue weighted by Crippen LogP contribution is 2.32. The van der Waals surface area contributed by atoms with Crippen molar-refractivity contribution in [3.63, 3.8) is 0 Å². The average Bonchev–Trinajstić information content (AvgIpc) is 3.61. The molecule has 2 N–H and O–H groups in total. The van der Waals surface area contributed by atoms with E-state index in [0.717, 1.165) is 61.4 Å². The van der Waals surface area contributed by atoms with Crippen molar-refractivity contribution in [2.24, 2.45) is 0 Å². The molecule has 0 bridgehead atoms. The minimum absolute atomic E-state index is 0.918. The second-order valence-electron chi connectivity index (χ2n) is 10.3. The number of hydrogen-bond donors (Lipinski definition) is 2. The highest BCUT2D eigenvalue weighted by molar-refractivity contribution is 5.98. The number of aromatic amines is 2. The second-order valence-corrected chi connectivity index (χ2v) is 10.3. The van der Waals surface area contributed by atoms with E-state index in [0.29, 0.717) is 0 Å². The molecule has 1 fully saturated rings. The van der Waals surface area contributed by atoms with Crippen LogP contribution in [0.4, 0.5) is 0 Å². The number of piperazine rings is 1. The molecule has 4 heterocycles. The Morgan fingerprint density at radius 1 is 0.658 bits per heavy atom. The van der Waals surface area contributed by atoms with E-state index < -0.39 is 0 Å². The van der Waals surface area contributed by atoms with Crippen LogP contribution in [0.3, 0.4) is 0 Å². The molecule has 1 saturated heterocycles. The van der Waals surface area contributed by atoms with Gasteiger partial charge >= 0.3 is 0 Å². The largest absolute Gasteiger partial charge is 0.361 e. The maximum absolute atomic E-state index is 4.73. The number of aromatic nitrogens is 3. The molecule has 0 unspecified atom stereocenters. The van der Waals surface area contributed by atoms with Crippen LogP contribution in [0.1, 0.15) is 11.1 Å². The van der Waals surface area contributed by atoms with Gasteiger partial charge in [0.15, 0.2) is 0 Å². The van der Waals surface area contributed by atoms with E-state index in [1.807, 2.05) is 12.4 Å². The Hall–Kier alpha value is -4.19. The first kappa shape index (κ1) is 23.0. The fraction of sp³-hybridized carbons (Fsp3) is 0.182. The smallest absolute Gasteiger partial charge is 0.137 e. The molecule has 0 amide bonds. The van der Waals surface area contributed by atoms with Crippen molar-refractivity contribution in [2.75, 3.05) is 26.2 Å². The van der Waals surface area contributed by atoms with Gasteiger partial charge in [0.2, 0.25) is 0 Å². The van der Waals surface area contributed by atoms with Gasteiger partial charge in [0.25, 0.3) is 0 Å². The lowest BCUT2D eigenvalue weighted by molar-refractivity contribution is 0.122. The number of rotatable bonds is 6. The van der Waals surface area contributed by atoms with E-state index >= 15 is 0 Å². The molecule has 6 aromatic rings. The molecule has 3 aromatic heterocycles. The SMILES string of the molecule is c1ccc(CN2CCN(Cc3ccc(-c4cnc5[nH]cc(-c6ccc7[nH]ccc7c6)c5c4)cc3)CC2)cc1. The lowest BCUT2D eigenvalue weighted by Gasteiger charge is -2.34. The van der Waals surface area contributed by atoms with Gasteiger partial charge in [-0.1, -0.05) is 60.7 Å². The lowest BCUT2D eigenvalue weighted by Crippen LogP contribution is -2.45. The maximum Gasteiger partial charge on any atom is 0.137 e. The number of fused-ring (bicyclic) bond motifs is 2. The molecule has 0 atom stereocenters. The van der Waals surface area contributed by atoms with Crippen LogP contribution in [0.2, 0.25) is 0 Å². The van der Waals surface area contributed by atoms with Crippen LogP contribution in [-0.4, -0.2) is 50.9 Å². The molecule has 188 valence electrons. The van der Waals surface area contributed by atoms with Gasteiger partial charge < -0.3 is 9.97 Å². The van der Waals surface area contributed by atoms with E-state index in [4.69, 9.17) is 4.98 Å². The fourth-order valence-corrected chi connectivity index (χ4v) is 5.63. The van der Waals surface area contributed by atoms with Crippen molar-refractivity contribution in [3.05, 3.63) is 115 Å². The van der Waals surface area contributed by atoms with Crippen molar-refractivity contribution >= 4 is 21.9 Å². The van der Waals surface area contributed by atoms with Gasteiger partial charge in [-0.25, -0.2) is 4.98 Å². The first-order valence-corrected chi connectivity index (χ1v) is 13.4. The minimum Gasteiger partial charge on any atom is -0.361 e. The Kier molecular flexibility index (Phi) is 6.00. The van der Waals surface area contributed by atoms with Crippen LogP contribution in [0.15, 0.2) is 104 Å².